The minimum absolute atomic E-state index is 0.0584. The van der Waals surface area contributed by atoms with E-state index < -0.39 is 14.9 Å². The van der Waals surface area contributed by atoms with Crippen LogP contribution in [0.2, 0.25) is 0 Å². The molecule has 1 amide bonds. The number of nitro groups is 1. The number of ether oxygens (including phenoxy) is 2. The molecule has 0 radical (unpaired) electrons. The molecule has 1 aromatic heterocycles. The molecule has 2 heterocycles. The topological polar surface area (TPSA) is 147 Å². The Bertz CT molecular complexity index is 1430. The predicted molar refractivity (Wildman–Crippen MR) is 156 cm³/mol. The van der Waals surface area contributed by atoms with Crippen LogP contribution in [-0.4, -0.2) is 113 Å². The Morgan fingerprint density at radius 3 is 2.34 bits per heavy atom. The van der Waals surface area contributed by atoms with Gasteiger partial charge in [-0.1, -0.05) is 11.3 Å². The molecule has 4 rings (SSSR count). The second-order valence-electron chi connectivity index (χ2n) is 9.40. The van der Waals surface area contributed by atoms with Crippen molar-refractivity contribution in [2.75, 3.05) is 84.7 Å². The summed E-state index contributed by atoms with van der Waals surface area (Å²) in [6.07, 6.45) is 0. The van der Waals surface area contributed by atoms with Crippen LogP contribution in [0, 0.1) is 10.1 Å². The summed E-state index contributed by atoms with van der Waals surface area (Å²) in [7, 11) is -0.735. The van der Waals surface area contributed by atoms with Gasteiger partial charge in [-0.2, -0.15) is 4.31 Å². The van der Waals surface area contributed by atoms with Crippen LogP contribution in [0.4, 0.5) is 10.8 Å². The number of rotatable bonds is 14. The number of benzene rings is 2. The third kappa shape index (κ3) is 7.75. The quantitative estimate of drug-likeness (QED) is 0.214. The number of carbonyl (C=O) groups is 1. The number of thiazole rings is 1. The molecular weight excluding hydrogens is 572 g/mol. The van der Waals surface area contributed by atoms with Gasteiger partial charge in [0.05, 0.1) is 33.2 Å². The van der Waals surface area contributed by atoms with E-state index in [0.29, 0.717) is 18.7 Å². The molecule has 0 unspecified atom stereocenters. The first kappa shape index (κ1) is 30.7. The summed E-state index contributed by atoms with van der Waals surface area (Å²) in [4.78, 5) is 32.5. The molecule has 0 saturated carbocycles. The third-order valence-electron chi connectivity index (χ3n) is 6.77. The maximum Gasteiger partial charge on any atom is 0.270 e. The maximum atomic E-state index is 13.0. The lowest BCUT2D eigenvalue weighted by atomic mass is 10.2. The molecule has 0 atom stereocenters. The van der Waals surface area contributed by atoms with Crippen LogP contribution in [0.1, 0.15) is 10.4 Å². The Labute approximate surface area is 242 Å². The molecule has 1 saturated heterocycles. The lowest BCUT2D eigenvalue weighted by Gasteiger charge is -2.34. The van der Waals surface area contributed by atoms with Gasteiger partial charge in [0.1, 0.15) is 0 Å². The van der Waals surface area contributed by atoms with E-state index in [4.69, 9.17) is 9.47 Å². The molecule has 2 aromatic carbocycles. The number of amides is 1. The van der Waals surface area contributed by atoms with Crippen molar-refractivity contribution < 1.29 is 27.6 Å². The minimum Gasteiger partial charge on any atom is -0.383 e. The number of nitrogens with zero attached hydrogens (tertiary/aromatic N) is 5. The van der Waals surface area contributed by atoms with E-state index in [1.54, 1.807) is 12.1 Å². The van der Waals surface area contributed by atoms with Crippen molar-refractivity contribution >= 4 is 48.3 Å². The van der Waals surface area contributed by atoms with Crippen molar-refractivity contribution in [3.63, 3.8) is 0 Å². The normalized spacial score (nSPS) is 14.6. The van der Waals surface area contributed by atoms with E-state index in [-0.39, 0.29) is 42.8 Å². The van der Waals surface area contributed by atoms with Gasteiger partial charge in [-0.25, -0.2) is 13.4 Å². The van der Waals surface area contributed by atoms with Crippen LogP contribution < -0.4 is 10.2 Å². The smallest absolute Gasteiger partial charge is 0.270 e. The Morgan fingerprint density at radius 2 is 1.73 bits per heavy atom. The molecule has 15 heteroatoms. The Morgan fingerprint density at radius 1 is 1.07 bits per heavy atom. The van der Waals surface area contributed by atoms with Gasteiger partial charge >= 0.3 is 0 Å². The Kier molecular flexibility index (Phi) is 10.6. The average Bonchev–Trinajstić information content (AvgIpc) is 3.41. The van der Waals surface area contributed by atoms with Crippen LogP contribution in [0.15, 0.2) is 47.4 Å². The second-order valence-corrected chi connectivity index (χ2v) is 12.4. The van der Waals surface area contributed by atoms with Crippen molar-refractivity contribution in [1.82, 2.24) is 19.5 Å². The van der Waals surface area contributed by atoms with E-state index >= 15 is 0 Å². The maximum absolute atomic E-state index is 13.0. The molecule has 0 spiro atoms. The monoisotopic (exact) mass is 606 g/mol. The lowest BCUT2D eigenvalue weighted by Crippen LogP contribution is -2.48. The summed E-state index contributed by atoms with van der Waals surface area (Å²) in [5, 5.41) is 14.8. The van der Waals surface area contributed by atoms with E-state index in [1.807, 2.05) is 0 Å². The largest absolute Gasteiger partial charge is 0.383 e. The lowest BCUT2D eigenvalue weighted by molar-refractivity contribution is -0.384. The number of hydrogen-bond donors (Lipinski definition) is 1. The molecule has 0 bridgehead atoms. The van der Waals surface area contributed by atoms with Crippen LogP contribution in [0.25, 0.3) is 10.2 Å². The van der Waals surface area contributed by atoms with Gasteiger partial charge in [0, 0.05) is 84.3 Å². The number of fused-ring (bicyclic) bond motifs is 1. The number of hydrogen-bond acceptors (Lipinski definition) is 11. The zero-order chi connectivity index (χ0) is 29.4. The first-order valence-electron chi connectivity index (χ1n) is 13.1. The van der Waals surface area contributed by atoms with Gasteiger partial charge in [-0.15, -0.1) is 0 Å². The fourth-order valence-corrected chi connectivity index (χ4v) is 6.87. The van der Waals surface area contributed by atoms with Crippen molar-refractivity contribution in [3.8, 4) is 0 Å². The molecule has 0 aliphatic carbocycles. The number of piperazine rings is 1. The highest BCUT2D eigenvalue weighted by Gasteiger charge is 2.25. The SMILES string of the molecule is COCCN(CCOC)S(=O)(=O)c1ccc(C(=O)NCCN2CCN(c3nc4ccc([N+](=O)[O-])cc4s3)CC2)cc1. The van der Waals surface area contributed by atoms with Crippen LogP contribution in [0.3, 0.4) is 0 Å². The van der Waals surface area contributed by atoms with Crippen molar-refractivity contribution in [3.05, 3.63) is 58.1 Å². The molecule has 41 heavy (non-hydrogen) atoms. The zero-order valence-corrected chi connectivity index (χ0v) is 24.7. The highest BCUT2D eigenvalue weighted by Crippen LogP contribution is 2.31. The molecule has 1 aliphatic rings. The van der Waals surface area contributed by atoms with Gasteiger partial charge in [0.25, 0.3) is 11.6 Å². The second kappa shape index (κ2) is 14.1. The first-order chi connectivity index (χ1) is 19.7. The molecule has 1 N–H and O–H groups in total. The van der Waals surface area contributed by atoms with Crippen molar-refractivity contribution in [1.29, 1.82) is 0 Å². The van der Waals surface area contributed by atoms with E-state index in [2.05, 4.69) is 20.1 Å². The van der Waals surface area contributed by atoms with Gasteiger partial charge in [0.2, 0.25) is 10.0 Å². The van der Waals surface area contributed by atoms with Crippen LogP contribution in [0.5, 0.6) is 0 Å². The molecule has 222 valence electrons. The molecule has 1 fully saturated rings. The summed E-state index contributed by atoms with van der Waals surface area (Å²) in [6.45, 7) is 5.14. The summed E-state index contributed by atoms with van der Waals surface area (Å²) in [5.41, 5.74) is 1.19. The van der Waals surface area contributed by atoms with Crippen LogP contribution >= 0.6 is 11.3 Å². The van der Waals surface area contributed by atoms with Gasteiger partial charge in [0.15, 0.2) is 5.13 Å². The number of nitro benzene ring substituents is 1. The number of carbonyl (C=O) groups excluding carboxylic acids is 1. The number of non-ortho nitro benzene ring substituents is 1. The molecule has 13 nitrogen and oxygen atoms in total. The van der Waals surface area contributed by atoms with E-state index in [1.165, 1.54) is 60.2 Å². The standard InChI is InChI=1S/C26H34N6O7S2/c1-38-17-15-31(16-18-39-2)41(36,37)22-6-3-20(4-7-22)25(33)27-9-10-29-11-13-30(14-12-29)26-28-23-8-5-21(32(34)35)19-24(23)40-26/h3-8,19H,9-18H2,1-2H3,(H,27,33). The van der Waals surface area contributed by atoms with Gasteiger partial charge < -0.3 is 19.7 Å². The summed E-state index contributed by atoms with van der Waals surface area (Å²) >= 11 is 1.45. The van der Waals surface area contributed by atoms with E-state index in [0.717, 1.165) is 41.5 Å². The predicted octanol–water partition coefficient (Wildman–Crippen LogP) is 2.04. The van der Waals surface area contributed by atoms with Gasteiger partial charge in [-0.05, 0) is 30.3 Å². The Hall–Kier alpha value is -3.21. The number of nitrogens with one attached hydrogen (secondary N) is 1. The summed E-state index contributed by atoms with van der Waals surface area (Å²) in [5.74, 6) is -0.272. The molecule has 1 aliphatic heterocycles. The fourth-order valence-electron chi connectivity index (χ4n) is 4.41. The third-order valence-corrected chi connectivity index (χ3v) is 9.76. The van der Waals surface area contributed by atoms with Crippen molar-refractivity contribution in [2.45, 2.75) is 4.90 Å². The number of anilines is 1. The van der Waals surface area contributed by atoms with E-state index in [9.17, 15) is 23.3 Å². The Balaban J connectivity index is 1.25. The summed E-state index contributed by atoms with van der Waals surface area (Å²) < 4.78 is 38.3. The van der Waals surface area contributed by atoms with Gasteiger partial charge in [-0.3, -0.25) is 19.8 Å². The average molecular weight is 607 g/mol. The number of aromatic nitrogens is 1. The fraction of sp³-hybridized carbons (Fsp3) is 0.462. The van der Waals surface area contributed by atoms with Crippen molar-refractivity contribution in [2.24, 2.45) is 0 Å². The summed E-state index contributed by atoms with van der Waals surface area (Å²) in [6, 6.07) is 10.6. The number of methoxy groups -OCH3 is 2. The van der Waals surface area contributed by atoms with Crippen LogP contribution in [-0.2, 0) is 19.5 Å². The molecule has 3 aromatic rings. The zero-order valence-electron chi connectivity index (χ0n) is 23.0. The first-order valence-corrected chi connectivity index (χ1v) is 15.4. The minimum atomic E-state index is -3.76. The molecular formula is C26H34N6O7S2. The highest BCUT2D eigenvalue weighted by atomic mass is 32.2. The highest BCUT2D eigenvalue weighted by molar-refractivity contribution is 7.89. The number of sulfonamides is 1.